The topological polar surface area (TPSA) is 28.2 Å². The van der Waals surface area contributed by atoms with Crippen molar-refractivity contribution in [2.45, 2.75) is 58.5 Å². The first-order valence-electron chi connectivity index (χ1n) is 7.70. The van der Waals surface area contributed by atoms with Crippen LogP contribution < -0.4 is 5.32 Å². The van der Waals surface area contributed by atoms with Gasteiger partial charge < -0.3 is 5.32 Å². The van der Waals surface area contributed by atoms with E-state index in [2.05, 4.69) is 29.4 Å². The maximum absolute atomic E-state index is 4.71. The number of rotatable bonds is 8. The van der Waals surface area contributed by atoms with E-state index in [0.717, 1.165) is 13.0 Å². The van der Waals surface area contributed by atoms with Crippen LogP contribution in [0.1, 0.15) is 50.2 Å². The molecule has 2 rings (SSSR count). The standard InChI is InChI=1S/C15H27N3S/c1-3-5-9-18(10-13-7-6-8-16-13)11-14-12-19-15(4-2)17-14/h12-13,16H,3-11H2,1-2H3. The predicted molar refractivity (Wildman–Crippen MR) is 82.7 cm³/mol. The number of aryl methyl sites for hydroxylation is 1. The van der Waals surface area contributed by atoms with E-state index in [0.29, 0.717) is 6.04 Å². The van der Waals surface area contributed by atoms with Gasteiger partial charge in [0.15, 0.2) is 0 Å². The Balaban J connectivity index is 1.87. The van der Waals surface area contributed by atoms with Gasteiger partial charge in [0.2, 0.25) is 0 Å². The Hall–Kier alpha value is -0.450. The van der Waals surface area contributed by atoms with Crippen molar-refractivity contribution < 1.29 is 0 Å². The first-order valence-corrected chi connectivity index (χ1v) is 8.58. The smallest absolute Gasteiger partial charge is 0.0926 e. The number of hydrogen-bond donors (Lipinski definition) is 1. The van der Waals surface area contributed by atoms with Gasteiger partial charge in [0, 0.05) is 24.5 Å². The summed E-state index contributed by atoms with van der Waals surface area (Å²) in [6.45, 7) is 9.05. The van der Waals surface area contributed by atoms with Crippen molar-refractivity contribution in [3.8, 4) is 0 Å². The summed E-state index contributed by atoms with van der Waals surface area (Å²) < 4.78 is 0. The number of hydrogen-bond acceptors (Lipinski definition) is 4. The minimum absolute atomic E-state index is 0.695. The van der Waals surface area contributed by atoms with Crippen molar-refractivity contribution in [2.75, 3.05) is 19.6 Å². The van der Waals surface area contributed by atoms with Gasteiger partial charge in [0.1, 0.15) is 0 Å². The van der Waals surface area contributed by atoms with E-state index in [1.54, 1.807) is 11.3 Å². The third kappa shape index (κ3) is 4.86. The molecule has 0 saturated carbocycles. The van der Waals surface area contributed by atoms with Crippen LogP contribution in [0.2, 0.25) is 0 Å². The Morgan fingerprint density at radius 1 is 1.47 bits per heavy atom. The van der Waals surface area contributed by atoms with E-state index in [9.17, 15) is 0 Å². The maximum atomic E-state index is 4.71. The highest BCUT2D eigenvalue weighted by molar-refractivity contribution is 7.09. The van der Waals surface area contributed by atoms with Crippen molar-refractivity contribution in [3.63, 3.8) is 0 Å². The summed E-state index contributed by atoms with van der Waals surface area (Å²) in [5, 5.41) is 7.11. The molecule has 0 bridgehead atoms. The fourth-order valence-electron chi connectivity index (χ4n) is 2.65. The molecule has 0 aromatic carbocycles. The van der Waals surface area contributed by atoms with Crippen LogP contribution >= 0.6 is 11.3 Å². The molecule has 0 spiro atoms. The van der Waals surface area contributed by atoms with Gasteiger partial charge in [-0.3, -0.25) is 4.90 Å². The van der Waals surface area contributed by atoms with E-state index >= 15 is 0 Å². The Kier molecular flexibility index (Phi) is 6.28. The molecule has 1 saturated heterocycles. The summed E-state index contributed by atoms with van der Waals surface area (Å²) in [5.74, 6) is 0. The number of thiazole rings is 1. The number of unbranched alkanes of at least 4 members (excludes halogenated alkanes) is 1. The predicted octanol–water partition coefficient (Wildman–Crippen LogP) is 3.06. The van der Waals surface area contributed by atoms with Crippen molar-refractivity contribution in [1.29, 1.82) is 0 Å². The fourth-order valence-corrected chi connectivity index (χ4v) is 3.39. The lowest BCUT2D eigenvalue weighted by molar-refractivity contribution is 0.235. The largest absolute Gasteiger partial charge is 0.313 e. The second kappa shape index (κ2) is 7.98. The third-order valence-corrected chi connectivity index (χ3v) is 4.80. The zero-order valence-electron chi connectivity index (χ0n) is 12.3. The van der Waals surface area contributed by atoms with Crippen molar-refractivity contribution >= 4 is 11.3 Å². The Morgan fingerprint density at radius 3 is 3.00 bits per heavy atom. The molecule has 1 aliphatic rings. The van der Waals surface area contributed by atoms with Crippen molar-refractivity contribution in [3.05, 3.63) is 16.1 Å². The van der Waals surface area contributed by atoms with Gasteiger partial charge in [-0.25, -0.2) is 4.98 Å². The van der Waals surface area contributed by atoms with Gasteiger partial charge in [0.25, 0.3) is 0 Å². The van der Waals surface area contributed by atoms with Crippen LogP contribution in [0, 0.1) is 0 Å². The minimum atomic E-state index is 0.695. The summed E-state index contributed by atoms with van der Waals surface area (Å²) >= 11 is 1.80. The molecule has 1 fully saturated rings. The van der Waals surface area contributed by atoms with Crippen LogP contribution in [0.25, 0.3) is 0 Å². The average Bonchev–Trinajstić information content (AvgIpc) is 3.07. The summed E-state index contributed by atoms with van der Waals surface area (Å²) in [6, 6.07) is 0.695. The van der Waals surface area contributed by atoms with Gasteiger partial charge in [0.05, 0.1) is 10.7 Å². The molecule has 0 aliphatic carbocycles. The normalized spacial score (nSPS) is 19.4. The average molecular weight is 281 g/mol. The Labute approximate surface area is 121 Å². The first kappa shape index (κ1) is 14.9. The highest BCUT2D eigenvalue weighted by atomic mass is 32.1. The van der Waals surface area contributed by atoms with Gasteiger partial charge in [-0.15, -0.1) is 11.3 Å². The number of aromatic nitrogens is 1. The Morgan fingerprint density at radius 2 is 2.37 bits per heavy atom. The lowest BCUT2D eigenvalue weighted by Crippen LogP contribution is -2.37. The molecule has 1 aromatic rings. The zero-order valence-corrected chi connectivity index (χ0v) is 13.1. The molecule has 108 valence electrons. The summed E-state index contributed by atoms with van der Waals surface area (Å²) in [7, 11) is 0. The highest BCUT2D eigenvalue weighted by Gasteiger charge is 2.18. The van der Waals surface area contributed by atoms with Crippen LogP contribution in [-0.4, -0.2) is 35.6 Å². The van der Waals surface area contributed by atoms with Crippen LogP contribution in [0.15, 0.2) is 5.38 Å². The second-order valence-electron chi connectivity index (χ2n) is 5.47. The summed E-state index contributed by atoms with van der Waals surface area (Å²) in [6.07, 6.45) is 6.29. The molecule has 0 radical (unpaired) electrons. The van der Waals surface area contributed by atoms with Crippen LogP contribution in [0.3, 0.4) is 0 Å². The van der Waals surface area contributed by atoms with Crippen LogP contribution in [0.5, 0.6) is 0 Å². The molecule has 2 heterocycles. The number of nitrogens with one attached hydrogen (secondary N) is 1. The lowest BCUT2D eigenvalue weighted by Gasteiger charge is -2.24. The van der Waals surface area contributed by atoms with Crippen LogP contribution in [-0.2, 0) is 13.0 Å². The molecule has 1 unspecified atom stereocenters. The molecule has 1 atom stereocenters. The van der Waals surface area contributed by atoms with Crippen molar-refractivity contribution in [2.24, 2.45) is 0 Å². The molecule has 4 heteroatoms. The second-order valence-corrected chi connectivity index (χ2v) is 6.41. The van der Waals surface area contributed by atoms with Gasteiger partial charge in [-0.2, -0.15) is 0 Å². The van der Waals surface area contributed by atoms with Gasteiger partial charge in [-0.05, 0) is 38.8 Å². The zero-order chi connectivity index (χ0) is 13.5. The van der Waals surface area contributed by atoms with Crippen LogP contribution in [0.4, 0.5) is 0 Å². The number of nitrogens with zero attached hydrogens (tertiary/aromatic N) is 2. The first-order chi connectivity index (χ1) is 9.31. The Bertz CT molecular complexity index is 358. The van der Waals surface area contributed by atoms with E-state index < -0.39 is 0 Å². The third-order valence-electron chi connectivity index (χ3n) is 3.76. The molecule has 19 heavy (non-hydrogen) atoms. The quantitative estimate of drug-likeness (QED) is 0.794. The summed E-state index contributed by atoms with van der Waals surface area (Å²) in [4.78, 5) is 7.29. The molecule has 3 nitrogen and oxygen atoms in total. The fraction of sp³-hybridized carbons (Fsp3) is 0.800. The summed E-state index contributed by atoms with van der Waals surface area (Å²) in [5.41, 5.74) is 1.26. The van der Waals surface area contributed by atoms with E-state index in [-0.39, 0.29) is 0 Å². The molecule has 0 amide bonds. The lowest BCUT2D eigenvalue weighted by atomic mass is 10.2. The van der Waals surface area contributed by atoms with E-state index in [4.69, 9.17) is 4.98 Å². The van der Waals surface area contributed by atoms with Gasteiger partial charge >= 0.3 is 0 Å². The molecule has 1 N–H and O–H groups in total. The molecule has 1 aliphatic heterocycles. The van der Waals surface area contributed by atoms with E-state index in [1.807, 2.05) is 0 Å². The highest BCUT2D eigenvalue weighted by Crippen LogP contribution is 2.14. The van der Waals surface area contributed by atoms with E-state index in [1.165, 1.54) is 56.0 Å². The van der Waals surface area contributed by atoms with Crippen molar-refractivity contribution in [1.82, 2.24) is 15.2 Å². The molecule has 1 aromatic heterocycles. The molecular formula is C15H27N3S. The SMILES string of the molecule is CCCCN(Cc1csc(CC)n1)CC1CCCN1. The maximum Gasteiger partial charge on any atom is 0.0926 e. The van der Waals surface area contributed by atoms with Gasteiger partial charge in [-0.1, -0.05) is 20.3 Å². The minimum Gasteiger partial charge on any atom is -0.313 e. The molecular weight excluding hydrogens is 254 g/mol. The monoisotopic (exact) mass is 281 g/mol.